The molecule has 0 fully saturated rings. The Morgan fingerprint density at radius 2 is 1.95 bits per heavy atom. The van der Waals surface area contributed by atoms with Crippen LogP contribution in [0.4, 0.5) is 11.4 Å². The Morgan fingerprint density at radius 3 is 2.62 bits per heavy atom. The van der Waals surface area contributed by atoms with E-state index in [-0.39, 0.29) is 11.8 Å². The standard InChI is InChI=1S/C17H21N3O/c1-12(2)17(21)20-16-6-4-5-15(9-16)19-11-14-8-7-13(3)18-10-14/h4-10,12,19H,11H2,1-3H3,(H,20,21). The fourth-order valence-corrected chi connectivity index (χ4v) is 1.80. The Bertz CT molecular complexity index is 606. The van der Waals surface area contributed by atoms with E-state index in [0.29, 0.717) is 6.54 Å². The zero-order chi connectivity index (χ0) is 15.2. The molecule has 0 unspecified atom stereocenters. The average molecular weight is 283 g/mol. The summed E-state index contributed by atoms with van der Waals surface area (Å²) in [7, 11) is 0. The third-order valence-electron chi connectivity index (χ3n) is 3.12. The molecule has 0 saturated heterocycles. The van der Waals surface area contributed by atoms with Crippen LogP contribution in [0.15, 0.2) is 42.6 Å². The summed E-state index contributed by atoms with van der Waals surface area (Å²) in [5.41, 5.74) is 3.91. The number of nitrogens with zero attached hydrogens (tertiary/aromatic N) is 1. The van der Waals surface area contributed by atoms with Gasteiger partial charge in [0.05, 0.1) is 0 Å². The summed E-state index contributed by atoms with van der Waals surface area (Å²) in [6.07, 6.45) is 1.87. The second-order valence-corrected chi connectivity index (χ2v) is 5.39. The van der Waals surface area contributed by atoms with E-state index in [2.05, 4.69) is 21.7 Å². The van der Waals surface area contributed by atoms with Crippen molar-refractivity contribution in [3.63, 3.8) is 0 Å². The number of benzene rings is 1. The maximum absolute atomic E-state index is 11.7. The number of hydrogen-bond donors (Lipinski definition) is 2. The molecule has 2 N–H and O–H groups in total. The summed E-state index contributed by atoms with van der Waals surface area (Å²) in [4.78, 5) is 16.0. The lowest BCUT2D eigenvalue weighted by Crippen LogP contribution is -2.17. The summed E-state index contributed by atoms with van der Waals surface area (Å²) in [5.74, 6) is -0.00451. The van der Waals surface area contributed by atoms with E-state index < -0.39 is 0 Å². The minimum atomic E-state index is -0.0275. The number of hydrogen-bond acceptors (Lipinski definition) is 3. The summed E-state index contributed by atoms with van der Waals surface area (Å²) < 4.78 is 0. The van der Waals surface area contributed by atoms with Crippen LogP contribution < -0.4 is 10.6 Å². The number of pyridine rings is 1. The fourth-order valence-electron chi connectivity index (χ4n) is 1.80. The molecule has 0 aliphatic heterocycles. The van der Waals surface area contributed by atoms with Crippen molar-refractivity contribution in [2.45, 2.75) is 27.3 Å². The molecule has 0 aliphatic carbocycles. The van der Waals surface area contributed by atoms with Crippen LogP contribution in [-0.4, -0.2) is 10.9 Å². The van der Waals surface area contributed by atoms with Crippen LogP contribution in [0.25, 0.3) is 0 Å². The Balaban J connectivity index is 1.97. The van der Waals surface area contributed by atoms with Crippen molar-refractivity contribution < 1.29 is 4.79 Å². The lowest BCUT2D eigenvalue weighted by Gasteiger charge is -2.11. The van der Waals surface area contributed by atoms with Gasteiger partial charge in [0.15, 0.2) is 0 Å². The van der Waals surface area contributed by atoms with E-state index in [9.17, 15) is 4.79 Å². The number of aryl methyl sites for hydroxylation is 1. The number of nitrogens with one attached hydrogen (secondary N) is 2. The van der Waals surface area contributed by atoms with Crippen LogP contribution in [0.3, 0.4) is 0 Å². The molecule has 1 heterocycles. The fraction of sp³-hybridized carbons (Fsp3) is 0.294. The topological polar surface area (TPSA) is 54.0 Å². The van der Waals surface area contributed by atoms with Crippen LogP contribution in [0.2, 0.25) is 0 Å². The second kappa shape index (κ2) is 6.88. The van der Waals surface area contributed by atoms with Crippen LogP contribution in [0, 0.1) is 12.8 Å². The molecule has 0 atom stereocenters. The molecule has 0 bridgehead atoms. The molecular formula is C17H21N3O. The number of rotatable bonds is 5. The van der Waals surface area contributed by atoms with Gasteiger partial charge in [-0.25, -0.2) is 0 Å². The number of anilines is 2. The third-order valence-corrected chi connectivity index (χ3v) is 3.12. The SMILES string of the molecule is Cc1ccc(CNc2cccc(NC(=O)C(C)C)c2)cn1. The van der Waals surface area contributed by atoms with E-state index in [1.165, 1.54) is 0 Å². The molecule has 1 amide bonds. The van der Waals surface area contributed by atoms with Crippen LogP contribution in [0.5, 0.6) is 0 Å². The Kier molecular flexibility index (Phi) is 4.93. The maximum atomic E-state index is 11.7. The highest BCUT2D eigenvalue weighted by Crippen LogP contribution is 2.16. The van der Waals surface area contributed by atoms with E-state index in [4.69, 9.17) is 0 Å². The summed E-state index contributed by atoms with van der Waals surface area (Å²) in [6, 6.07) is 11.8. The van der Waals surface area contributed by atoms with Gasteiger partial charge in [-0.15, -0.1) is 0 Å². The number of carbonyl (C=O) groups excluding carboxylic acids is 1. The largest absolute Gasteiger partial charge is 0.381 e. The first-order valence-electron chi connectivity index (χ1n) is 7.11. The Hall–Kier alpha value is -2.36. The van der Waals surface area contributed by atoms with E-state index in [0.717, 1.165) is 22.6 Å². The van der Waals surface area contributed by atoms with Crippen molar-refractivity contribution in [1.82, 2.24) is 4.98 Å². The molecule has 110 valence electrons. The molecule has 0 aliphatic rings. The smallest absolute Gasteiger partial charge is 0.226 e. The summed E-state index contributed by atoms with van der Waals surface area (Å²) in [5, 5.41) is 6.23. The molecule has 1 aromatic carbocycles. The molecule has 2 rings (SSSR count). The van der Waals surface area contributed by atoms with Gasteiger partial charge in [0.25, 0.3) is 0 Å². The molecule has 0 saturated carbocycles. The average Bonchev–Trinajstić information content (AvgIpc) is 2.47. The van der Waals surface area contributed by atoms with Gasteiger partial charge in [-0.05, 0) is 36.8 Å². The first-order chi connectivity index (χ1) is 10.0. The minimum absolute atomic E-state index is 0.0230. The van der Waals surface area contributed by atoms with Gasteiger partial charge in [-0.2, -0.15) is 0 Å². The Morgan fingerprint density at radius 1 is 1.19 bits per heavy atom. The van der Waals surface area contributed by atoms with Gasteiger partial charge in [0.2, 0.25) is 5.91 Å². The van der Waals surface area contributed by atoms with Crippen LogP contribution in [0.1, 0.15) is 25.1 Å². The van der Waals surface area contributed by atoms with Crippen molar-refractivity contribution >= 4 is 17.3 Å². The van der Waals surface area contributed by atoms with E-state index in [1.54, 1.807) is 0 Å². The molecule has 0 spiro atoms. The number of amides is 1. The van der Waals surface area contributed by atoms with Gasteiger partial charge in [-0.3, -0.25) is 9.78 Å². The predicted molar refractivity (Wildman–Crippen MR) is 86.2 cm³/mol. The van der Waals surface area contributed by atoms with Gasteiger partial charge in [0.1, 0.15) is 0 Å². The molecule has 4 nitrogen and oxygen atoms in total. The van der Waals surface area contributed by atoms with Crippen molar-refractivity contribution in [1.29, 1.82) is 0 Å². The predicted octanol–water partition coefficient (Wildman–Crippen LogP) is 3.60. The van der Waals surface area contributed by atoms with E-state index >= 15 is 0 Å². The Labute approximate surface area is 125 Å². The normalized spacial score (nSPS) is 10.5. The highest BCUT2D eigenvalue weighted by molar-refractivity contribution is 5.92. The van der Waals surface area contributed by atoms with Gasteiger partial charge in [0, 0.05) is 35.7 Å². The van der Waals surface area contributed by atoms with E-state index in [1.807, 2.05) is 57.3 Å². The van der Waals surface area contributed by atoms with Gasteiger partial charge >= 0.3 is 0 Å². The maximum Gasteiger partial charge on any atom is 0.226 e. The van der Waals surface area contributed by atoms with Gasteiger partial charge < -0.3 is 10.6 Å². The summed E-state index contributed by atoms with van der Waals surface area (Å²) in [6.45, 7) is 6.43. The highest BCUT2D eigenvalue weighted by Gasteiger charge is 2.07. The quantitative estimate of drug-likeness (QED) is 0.881. The molecule has 4 heteroatoms. The third kappa shape index (κ3) is 4.60. The van der Waals surface area contributed by atoms with Crippen LogP contribution in [-0.2, 0) is 11.3 Å². The molecule has 0 radical (unpaired) electrons. The minimum Gasteiger partial charge on any atom is -0.381 e. The van der Waals surface area contributed by atoms with Crippen molar-refractivity contribution in [3.8, 4) is 0 Å². The number of aromatic nitrogens is 1. The highest BCUT2D eigenvalue weighted by atomic mass is 16.1. The zero-order valence-electron chi connectivity index (χ0n) is 12.7. The number of carbonyl (C=O) groups is 1. The zero-order valence-corrected chi connectivity index (χ0v) is 12.7. The lowest BCUT2D eigenvalue weighted by molar-refractivity contribution is -0.118. The molecule has 21 heavy (non-hydrogen) atoms. The summed E-state index contributed by atoms with van der Waals surface area (Å²) >= 11 is 0. The van der Waals surface area contributed by atoms with Crippen molar-refractivity contribution in [3.05, 3.63) is 53.9 Å². The second-order valence-electron chi connectivity index (χ2n) is 5.39. The lowest BCUT2D eigenvalue weighted by atomic mass is 10.2. The first kappa shape index (κ1) is 15.0. The van der Waals surface area contributed by atoms with Gasteiger partial charge in [-0.1, -0.05) is 26.0 Å². The molecule has 2 aromatic rings. The first-order valence-corrected chi connectivity index (χ1v) is 7.11. The molecular weight excluding hydrogens is 262 g/mol. The van der Waals surface area contributed by atoms with Crippen molar-refractivity contribution in [2.24, 2.45) is 5.92 Å². The van der Waals surface area contributed by atoms with Crippen molar-refractivity contribution in [2.75, 3.05) is 10.6 Å². The molecule has 1 aromatic heterocycles. The monoisotopic (exact) mass is 283 g/mol. The van der Waals surface area contributed by atoms with Crippen LogP contribution >= 0.6 is 0 Å².